The van der Waals surface area contributed by atoms with Gasteiger partial charge in [0.15, 0.2) is 0 Å². The Morgan fingerprint density at radius 1 is 1.08 bits per heavy atom. The van der Waals surface area contributed by atoms with Gasteiger partial charge in [0, 0.05) is 6.07 Å². The molecule has 0 aliphatic heterocycles. The highest BCUT2D eigenvalue weighted by molar-refractivity contribution is 5.98. The van der Waals surface area contributed by atoms with Gasteiger partial charge in [-0.15, -0.1) is 0 Å². The summed E-state index contributed by atoms with van der Waals surface area (Å²) in [4.78, 5) is 25.0. The summed E-state index contributed by atoms with van der Waals surface area (Å²) >= 11 is 0. The Morgan fingerprint density at radius 2 is 1.73 bits per heavy atom. The van der Waals surface area contributed by atoms with Gasteiger partial charge >= 0.3 is 5.97 Å². The Morgan fingerprint density at radius 3 is 2.27 bits per heavy atom. The van der Waals surface area contributed by atoms with Crippen molar-refractivity contribution in [2.24, 2.45) is 23.7 Å². The Labute approximate surface area is 153 Å². The lowest BCUT2D eigenvalue weighted by molar-refractivity contribution is -0.148. The van der Waals surface area contributed by atoms with Crippen LogP contribution in [0.1, 0.15) is 26.7 Å². The van der Waals surface area contributed by atoms with E-state index in [9.17, 15) is 14.7 Å². The second-order valence-electron chi connectivity index (χ2n) is 7.19. The maximum Gasteiger partial charge on any atom is 0.307 e. The van der Waals surface area contributed by atoms with Gasteiger partial charge in [-0.3, -0.25) is 9.59 Å². The first-order chi connectivity index (χ1) is 12.4. The van der Waals surface area contributed by atoms with Crippen LogP contribution in [0.4, 0.5) is 5.69 Å². The van der Waals surface area contributed by atoms with Crippen molar-refractivity contribution in [3.63, 3.8) is 0 Å². The van der Waals surface area contributed by atoms with E-state index in [0.717, 1.165) is 24.0 Å². The molecule has 2 bridgehead atoms. The number of methoxy groups -OCH3 is 2. The summed E-state index contributed by atoms with van der Waals surface area (Å²) in [7, 11) is 3.07. The van der Waals surface area contributed by atoms with Crippen LogP contribution >= 0.6 is 0 Å². The van der Waals surface area contributed by atoms with Crippen LogP contribution in [0.2, 0.25) is 0 Å². The van der Waals surface area contributed by atoms with Crippen molar-refractivity contribution in [2.75, 3.05) is 19.5 Å². The van der Waals surface area contributed by atoms with Crippen LogP contribution in [0.15, 0.2) is 29.3 Å². The van der Waals surface area contributed by atoms with Gasteiger partial charge in [-0.05, 0) is 50.7 Å². The van der Waals surface area contributed by atoms with Crippen LogP contribution in [0.3, 0.4) is 0 Å². The lowest BCUT2D eigenvalue weighted by Crippen LogP contribution is -2.37. The van der Waals surface area contributed by atoms with Gasteiger partial charge in [0.2, 0.25) is 5.91 Å². The summed E-state index contributed by atoms with van der Waals surface area (Å²) in [6.45, 7) is 4.01. The zero-order valence-electron chi connectivity index (χ0n) is 15.5. The maximum absolute atomic E-state index is 13.1. The van der Waals surface area contributed by atoms with Crippen molar-refractivity contribution in [3.05, 3.63) is 29.3 Å². The number of rotatable bonds is 5. The summed E-state index contributed by atoms with van der Waals surface area (Å²) in [6, 6.07) is 5.14. The van der Waals surface area contributed by atoms with E-state index in [1.165, 1.54) is 7.11 Å². The minimum atomic E-state index is -0.895. The second kappa shape index (κ2) is 7.02. The molecule has 0 radical (unpaired) electrons. The maximum atomic E-state index is 13.1. The first kappa shape index (κ1) is 18.3. The Bertz CT molecular complexity index is 765. The monoisotopic (exact) mass is 359 g/mol. The quantitative estimate of drug-likeness (QED) is 0.788. The van der Waals surface area contributed by atoms with Crippen LogP contribution in [-0.2, 0) is 9.59 Å². The van der Waals surface area contributed by atoms with E-state index in [1.807, 2.05) is 13.8 Å². The fourth-order valence-electron chi connectivity index (χ4n) is 4.73. The zero-order chi connectivity index (χ0) is 19.0. The van der Waals surface area contributed by atoms with E-state index in [4.69, 9.17) is 9.47 Å². The largest absolute Gasteiger partial charge is 0.497 e. The molecule has 0 spiro atoms. The summed E-state index contributed by atoms with van der Waals surface area (Å²) in [5.41, 5.74) is 2.79. The topological polar surface area (TPSA) is 84.9 Å². The fourth-order valence-corrected chi connectivity index (χ4v) is 4.73. The molecule has 6 nitrogen and oxygen atoms in total. The van der Waals surface area contributed by atoms with Crippen molar-refractivity contribution >= 4 is 17.6 Å². The van der Waals surface area contributed by atoms with Gasteiger partial charge in [-0.2, -0.15) is 0 Å². The van der Waals surface area contributed by atoms with E-state index in [1.54, 1.807) is 25.3 Å². The van der Waals surface area contributed by atoms with Crippen molar-refractivity contribution in [1.82, 2.24) is 0 Å². The van der Waals surface area contributed by atoms with Crippen molar-refractivity contribution in [3.8, 4) is 11.5 Å². The summed E-state index contributed by atoms with van der Waals surface area (Å²) in [5, 5.41) is 12.6. The number of amides is 1. The second-order valence-corrected chi connectivity index (χ2v) is 7.19. The first-order valence-electron chi connectivity index (χ1n) is 8.82. The summed E-state index contributed by atoms with van der Waals surface area (Å²) in [5.74, 6) is -1.33. The van der Waals surface area contributed by atoms with Gasteiger partial charge in [0.25, 0.3) is 0 Å². The average molecular weight is 359 g/mol. The highest BCUT2D eigenvalue weighted by Crippen LogP contribution is 2.57. The van der Waals surface area contributed by atoms with Crippen molar-refractivity contribution in [1.29, 1.82) is 0 Å². The highest BCUT2D eigenvalue weighted by Gasteiger charge is 2.57. The smallest absolute Gasteiger partial charge is 0.307 e. The predicted octanol–water partition coefficient (Wildman–Crippen LogP) is 3.34. The van der Waals surface area contributed by atoms with Gasteiger partial charge in [0.05, 0.1) is 31.7 Å². The van der Waals surface area contributed by atoms with E-state index in [0.29, 0.717) is 17.2 Å². The van der Waals surface area contributed by atoms with Crippen LogP contribution in [0.25, 0.3) is 0 Å². The average Bonchev–Trinajstić information content (AvgIpc) is 3.17. The number of nitrogens with one attached hydrogen (secondary N) is 1. The first-order valence-corrected chi connectivity index (χ1v) is 8.82. The number of carboxylic acid groups (broad SMARTS) is 1. The van der Waals surface area contributed by atoms with Crippen LogP contribution in [0.5, 0.6) is 11.5 Å². The molecule has 1 aromatic rings. The number of carbonyl (C=O) groups excluding carboxylic acids is 1. The molecule has 2 saturated carbocycles. The van der Waals surface area contributed by atoms with E-state index in [-0.39, 0.29) is 17.7 Å². The molecule has 26 heavy (non-hydrogen) atoms. The highest BCUT2D eigenvalue weighted by atomic mass is 16.5. The molecular weight excluding hydrogens is 334 g/mol. The molecule has 4 atom stereocenters. The number of anilines is 1. The summed E-state index contributed by atoms with van der Waals surface area (Å²) < 4.78 is 10.5. The molecule has 1 amide bonds. The third-order valence-electron chi connectivity index (χ3n) is 5.67. The molecule has 3 rings (SSSR count). The molecule has 2 fully saturated rings. The summed E-state index contributed by atoms with van der Waals surface area (Å²) in [6.07, 6.45) is 1.71. The molecule has 2 aliphatic carbocycles. The fraction of sp³-hybridized carbons (Fsp3) is 0.500. The third kappa shape index (κ3) is 2.93. The van der Waals surface area contributed by atoms with E-state index < -0.39 is 17.8 Å². The van der Waals surface area contributed by atoms with Gasteiger partial charge < -0.3 is 19.9 Å². The van der Waals surface area contributed by atoms with Crippen LogP contribution in [0, 0.1) is 23.7 Å². The van der Waals surface area contributed by atoms with E-state index in [2.05, 4.69) is 5.32 Å². The van der Waals surface area contributed by atoms with Crippen molar-refractivity contribution < 1.29 is 24.2 Å². The molecule has 0 unspecified atom stereocenters. The van der Waals surface area contributed by atoms with Gasteiger partial charge in [-0.25, -0.2) is 0 Å². The molecule has 2 aliphatic rings. The lowest BCUT2D eigenvalue weighted by atomic mass is 9.78. The minimum Gasteiger partial charge on any atom is -0.497 e. The molecule has 0 aromatic heterocycles. The molecule has 2 N–H and O–H groups in total. The van der Waals surface area contributed by atoms with Crippen LogP contribution < -0.4 is 14.8 Å². The Balaban J connectivity index is 1.92. The molecule has 0 heterocycles. The number of hydrogen-bond acceptors (Lipinski definition) is 4. The molecule has 0 saturated heterocycles. The minimum absolute atomic E-state index is 0.00250. The van der Waals surface area contributed by atoms with Gasteiger partial charge in [-0.1, -0.05) is 11.1 Å². The third-order valence-corrected chi connectivity index (χ3v) is 5.67. The zero-order valence-corrected chi connectivity index (χ0v) is 15.5. The number of hydrogen-bond donors (Lipinski definition) is 2. The van der Waals surface area contributed by atoms with Crippen LogP contribution in [-0.4, -0.2) is 31.2 Å². The lowest BCUT2D eigenvalue weighted by Gasteiger charge is -2.26. The number of benzene rings is 1. The number of ether oxygens (including phenoxy) is 2. The molecular formula is C20H25NO5. The molecule has 6 heteroatoms. The normalized spacial score (nSPS) is 26.5. The number of allylic oxidation sites excluding steroid dienone is 2. The van der Waals surface area contributed by atoms with Gasteiger partial charge in [0.1, 0.15) is 11.5 Å². The Hall–Kier alpha value is -2.50. The number of carboxylic acids is 1. The van der Waals surface area contributed by atoms with Crippen molar-refractivity contribution in [2.45, 2.75) is 26.7 Å². The number of fused-ring (bicyclic) bond motifs is 2. The number of aliphatic carboxylic acids is 1. The predicted molar refractivity (Wildman–Crippen MR) is 97.4 cm³/mol. The van der Waals surface area contributed by atoms with E-state index >= 15 is 0 Å². The standard InChI is InChI=1S/C20H25NO5/c1-10(2)16-12-6-7-13(16)18(20(23)24)17(12)19(22)21-14-9-11(25-3)5-8-15(14)26-4/h5,8-9,12-13,17-18H,6-7H2,1-4H3,(H,21,22)(H,23,24)/t12-,13+,17-,18+/m1/s1. The SMILES string of the molecule is COc1ccc(OC)c(NC(=O)[C@H]2[C@@H](C(=O)O)[C@H]3CC[C@@H]2C3=C(C)C)c1. The molecule has 140 valence electrons. The Kier molecular flexibility index (Phi) is 4.94. The molecule has 1 aromatic carbocycles. The number of carbonyl (C=O) groups is 2.